The van der Waals surface area contributed by atoms with Gasteiger partial charge in [0, 0.05) is 20.1 Å². The summed E-state index contributed by atoms with van der Waals surface area (Å²) in [5.41, 5.74) is 3.07. The second-order valence-electron chi connectivity index (χ2n) is 6.21. The van der Waals surface area contributed by atoms with Crippen molar-refractivity contribution >= 4 is 66.2 Å². The zero-order chi connectivity index (χ0) is 22.5. The predicted molar refractivity (Wildman–Crippen MR) is 126 cm³/mol. The van der Waals surface area contributed by atoms with Crippen molar-refractivity contribution in [2.45, 2.75) is 13.5 Å². The third-order valence-electron chi connectivity index (χ3n) is 3.92. The van der Waals surface area contributed by atoms with Gasteiger partial charge in [-0.15, -0.1) is 5.10 Å². The summed E-state index contributed by atoms with van der Waals surface area (Å²) in [5.74, 6) is -1.07. The number of hydrogen-bond donors (Lipinski definition) is 1. The maximum absolute atomic E-state index is 10.8. The highest BCUT2D eigenvalue weighted by atomic mass is 79.9. The Labute approximate surface area is 202 Å². The summed E-state index contributed by atoms with van der Waals surface area (Å²) in [4.78, 5) is 19.5. The Kier molecular flexibility index (Phi) is 7.62. The SMILES string of the molecule is C=NN(CC(=O)O)/N=C(\C)c1cnc(-c2cn(Cc3cc(Br)c(Br)c(Br)c3)nn2)cn1. The maximum Gasteiger partial charge on any atom is 0.327 e. The van der Waals surface area contributed by atoms with Gasteiger partial charge in [-0.1, -0.05) is 5.21 Å². The molecule has 0 aliphatic carbocycles. The molecular weight excluding hydrogens is 600 g/mol. The molecule has 0 atom stereocenters. The van der Waals surface area contributed by atoms with Crippen molar-refractivity contribution < 1.29 is 9.90 Å². The molecule has 160 valence electrons. The molecule has 2 heterocycles. The summed E-state index contributed by atoms with van der Waals surface area (Å²) < 4.78 is 4.52. The molecule has 3 rings (SSSR count). The van der Waals surface area contributed by atoms with Gasteiger partial charge in [-0.2, -0.15) is 15.3 Å². The predicted octanol–water partition coefficient (Wildman–Crippen LogP) is 3.80. The number of benzene rings is 1. The summed E-state index contributed by atoms with van der Waals surface area (Å²) in [6, 6.07) is 4.00. The minimum Gasteiger partial charge on any atom is -0.480 e. The topological polar surface area (TPSA) is 122 Å². The number of aromatic nitrogens is 5. The smallest absolute Gasteiger partial charge is 0.327 e. The van der Waals surface area contributed by atoms with E-state index >= 15 is 0 Å². The normalized spacial score (nSPS) is 11.4. The highest BCUT2D eigenvalue weighted by Gasteiger charge is 2.11. The molecule has 0 saturated heterocycles. The van der Waals surface area contributed by atoms with Gasteiger partial charge in [0.1, 0.15) is 17.1 Å². The highest BCUT2D eigenvalue weighted by molar-refractivity contribution is 9.14. The molecular formula is C18H15Br3N8O2. The molecule has 0 saturated carbocycles. The van der Waals surface area contributed by atoms with Gasteiger partial charge in [0.25, 0.3) is 0 Å². The van der Waals surface area contributed by atoms with E-state index in [-0.39, 0.29) is 0 Å². The molecule has 0 spiro atoms. The van der Waals surface area contributed by atoms with E-state index in [0.29, 0.717) is 29.3 Å². The lowest BCUT2D eigenvalue weighted by Crippen LogP contribution is -2.21. The second kappa shape index (κ2) is 10.2. The zero-order valence-electron chi connectivity index (χ0n) is 16.1. The number of carboxylic acid groups (broad SMARTS) is 1. The van der Waals surface area contributed by atoms with Crippen LogP contribution in [0.3, 0.4) is 0 Å². The first-order valence-corrected chi connectivity index (χ1v) is 11.0. The first-order valence-electron chi connectivity index (χ1n) is 8.64. The Balaban J connectivity index is 1.74. The largest absolute Gasteiger partial charge is 0.480 e. The number of carboxylic acids is 1. The van der Waals surface area contributed by atoms with Gasteiger partial charge in [0.05, 0.1) is 30.8 Å². The number of carbonyl (C=O) groups is 1. The molecule has 0 amide bonds. The van der Waals surface area contributed by atoms with Crippen LogP contribution in [0.15, 0.2) is 54.3 Å². The lowest BCUT2D eigenvalue weighted by atomic mass is 10.2. The van der Waals surface area contributed by atoms with Gasteiger partial charge in [0.2, 0.25) is 0 Å². The summed E-state index contributed by atoms with van der Waals surface area (Å²) in [5, 5.41) is 25.8. The van der Waals surface area contributed by atoms with Crippen molar-refractivity contribution in [2.24, 2.45) is 10.2 Å². The Hall–Kier alpha value is -2.51. The van der Waals surface area contributed by atoms with Crippen molar-refractivity contribution in [2.75, 3.05) is 6.54 Å². The van der Waals surface area contributed by atoms with Gasteiger partial charge in [-0.05, 0) is 72.4 Å². The van der Waals surface area contributed by atoms with Crippen LogP contribution < -0.4 is 0 Å². The first-order chi connectivity index (χ1) is 14.8. The van der Waals surface area contributed by atoms with Crippen LogP contribution in [0.4, 0.5) is 0 Å². The van der Waals surface area contributed by atoms with Crippen LogP contribution in [0.1, 0.15) is 18.2 Å². The molecule has 13 heteroatoms. The summed E-state index contributed by atoms with van der Waals surface area (Å²) >= 11 is 10.5. The van der Waals surface area contributed by atoms with Gasteiger partial charge in [-0.25, -0.2) is 4.68 Å². The van der Waals surface area contributed by atoms with Crippen LogP contribution in [0.5, 0.6) is 0 Å². The Morgan fingerprint density at radius 1 is 1.19 bits per heavy atom. The van der Waals surface area contributed by atoms with E-state index in [1.165, 1.54) is 6.20 Å². The van der Waals surface area contributed by atoms with Gasteiger partial charge in [0.15, 0.2) is 6.54 Å². The Bertz CT molecular complexity index is 1120. The monoisotopic (exact) mass is 612 g/mol. The van der Waals surface area contributed by atoms with Gasteiger partial charge in [-0.3, -0.25) is 14.8 Å². The van der Waals surface area contributed by atoms with E-state index < -0.39 is 12.5 Å². The molecule has 31 heavy (non-hydrogen) atoms. The van der Waals surface area contributed by atoms with Crippen molar-refractivity contribution in [3.05, 3.63) is 55.4 Å². The average molecular weight is 615 g/mol. The lowest BCUT2D eigenvalue weighted by molar-refractivity contribution is -0.138. The quantitative estimate of drug-likeness (QED) is 0.233. The average Bonchev–Trinajstić information content (AvgIpc) is 3.19. The minimum absolute atomic E-state index is 0.402. The standard InChI is InChI=1S/C18H15Br3N8O2/c1-10(26-29(22-2)9-17(30)31)14-5-24-15(6-23-14)16-8-28(27-25-16)7-11-3-12(19)18(21)13(20)4-11/h3-6,8H,2,7,9H2,1H3,(H,30,31)/b26-10+. The maximum atomic E-state index is 10.8. The molecule has 0 bridgehead atoms. The van der Waals surface area contributed by atoms with Crippen LogP contribution in [-0.2, 0) is 11.3 Å². The third-order valence-corrected chi connectivity index (χ3v) is 7.09. The fraction of sp³-hybridized carbons (Fsp3) is 0.167. The molecule has 1 N–H and O–H groups in total. The molecule has 10 nitrogen and oxygen atoms in total. The molecule has 0 radical (unpaired) electrons. The van der Waals surface area contributed by atoms with Gasteiger partial charge >= 0.3 is 5.97 Å². The molecule has 0 aliphatic rings. The number of halogens is 3. The van der Waals surface area contributed by atoms with E-state index in [4.69, 9.17) is 5.11 Å². The van der Waals surface area contributed by atoms with E-state index in [2.05, 4.69) is 85.0 Å². The molecule has 0 aliphatic heterocycles. The zero-order valence-corrected chi connectivity index (χ0v) is 20.8. The molecule has 1 aromatic carbocycles. The first kappa shape index (κ1) is 23.2. The van der Waals surface area contributed by atoms with Crippen molar-refractivity contribution in [1.82, 2.24) is 30.1 Å². The van der Waals surface area contributed by atoms with Crippen molar-refractivity contribution in [3.8, 4) is 11.4 Å². The number of nitrogens with zero attached hydrogens (tertiary/aromatic N) is 8. The second-order valence-corrected chi connectivity index (χ2v) is 8.71. The van der Waals surface area contributed by atoms with Crippen LogP contribution in [0, 0.1) is 0 Å². The Morgan fingerprint density at radius 2 is 1.90 bits per heavy atom. The van der Waals surface area contributed by atoms with Crippen LogP contribution in [0.25, 0.3) is 11.4 Å². The third kappa shape index (κ3) is 6.02. The lowest BCUT2D eigenvalue weighted by Gasteiger charge is -2.10. The molecule has 0 unspecified atom stereocenters. The number of aliphatic carboxylic acids is 1. The van der Waals surface area contributed by atoms with Gasteiger partial charge < -0.3 is 5.11 Å². The summed E-state index contributed by atoms with van der Waals surface area (Å²) in [7, 11) is 0. The fourth-order valence-corrected chi connectivity index (χ4v) is 4.00. The number of rotatable bonds is 8. The Morgan fingerprint density at radius 3 is 2.48 bits per heavy atom. The fourth-order valence-electron chi connectivity index (χ4n) is 2.49. The van der Waals surface area contributed by atoms with E-state index in [9.17, 15) is 4.79 Å². The van der Waals surface area contributed by atoms with Crippen LogP contribution in [0.2, 0.25) is 0 Å². The molecule has 0 fully saturated rings. The molecule has 3 aromatic rings. The molecule has 2 aromatic heterocycles. The van der Waals surface area contributed by atoms with Crippen molar-refractivity contribution in [3.63, 3.8) is 0 Å². The number of hydrazone groups is 2. The van der Waals surface area contributed by atoms with E-state index in [1.807, 2.05) is 12.1 Å². The van der Waals surface area contributed by atoms with Crippen LogP contribution in [-0.4, -0.2) is 60.1 Å². The van der Waals surface area contributed by atoms with Crippen LogP contribution >= 0.6 is 47.8 Å². The number of hydrogen-bond acceptors (Lipinski definition) is 8. The minimum atomic E-state index is -1.07. The van der Waals surface area contributed by atoms with E-state index in [1.54, 1.807) is 24.0 Å². The summed E-state index contributed by atoms with van der Waals surface area (Å²) in [6.07, 6.45) is 4.86. The highest BCUT2D eigenvalue weighted by Crippen LogP contribution is 2.32. The van der Waals surface area contributed by atoms with Crippen molar-refractivity contribution in [1.29, 1.82) is 0 Å². The summed E-state index contributed by atoms with van der Waals surface area (Å²) in [6.45, 7) is 5.11. The van der Waals surface area contributed by atoms with E-state index in [0.717, 1.165) is 24.1 Å².